The summed E-state index contributed by atoms with van der Waals surface area (Å²) in [5.74, 6) is 0.648. The lowest BCUT2D eigenvalue weighted by Gasteiger charge is -2.10. The normalized spacial score (nSPS) is 16.8. The summed E-state index contributed by atoms with van der Waals surface area (Å²) in [6.45, 7) is 5.12. The van der Waals surface area contributed by atoms with Crippen LogP contribution >= 0.6 is 0 Å². The van der Waals surface area contributed by atoms with E-state index in [-0.39, 0.29) is 0 Å². The van der Waals surface area contributed by atoms with Crippen LogP contribution in [0.15, 0.2) is 0 Å². The fourth-order valence-electron chi connectivity index (χ4n) is 0.734. The molecule has 0 aliphatic rings. The molecule has 0 aliphatic carbocycles. The Hall–Kier alpha value is -0.0800. The highest BCUT2D eigenvalue weighted by atomic mass is 16.3. The molecule has 0 heterocycles. The third-order valence-corrected chi connectivity index (χ3v) is 1.82. The largest absolute Gasteiger partial charge is 0.390 e. The highest BCUT2D eigenvalue weighted by Gasteiger charge is 2.04. The number of rotatable bonds is 5. The average Bonchev–Trinajstić information content (AvgIpc) is 1.99. The van der Waals surface area contributed by atoms with Crippen molar-refractivity contribution in [3.8, 4) is 0 Å². The van der Waals surface area contributed by atoms with E-state index >= 15 is 0 Å². The van der Waals surface area contributed by atoms with Crippen LogP contribution < -0.4 is 0 Å². The van der Waals surface area contributed by atoms with Crippen LogP contribution in [0.5, 0.6) is 0 Å². The van der Waals surface area contributed by atoms with Gasteiger partial charge in [0.2, 0.25) is 0 Å². The van der Waals surface area contributed by atoms with Crippen molar-refractivity contribution in [3.05, 3.63) is 6.61 Å². The van der Waals surface area contributed by atoms with E-state index in [2.05, 4.69) is 13.8 Å². The molecular weight excluding hydrogens is 128 g/mol. The monoisotopic (exact) mass is 145 g/mol. The molecule has 0 aromatic carbocycles. The lowest BCUT2D eigenvalue weighted by Crippen LogP contribution is -2.08. The van der Waals surface area contributed by atoms with Gasteiger partial charge in [-0.1, -0.05) is 20.3 Å². The molecule has 0 fully saturated rings. The molecule has 2 atom stereocenters. The van der Waals surface area contributed by atoms with Crippen molar-refractivity contribution >= 4 is 0 Å². The Morgan fingerprint density at radius 2 is 2.00 bits per heavy atom. The highest BCUT2D eigenvalue weighted by molar-refractivity contribution is 4.64. The van der Waals surface area contributed by atoms with Crippen LogP contribution in [0, 0.1) is 12.5 Å². The number of aliphatic hydroxyl groups is 2. The molecule has 0 aromatic heterocycles. The van der Waals surface area contributed by atoms with Gasteiger partial charge in [0.15, 0.2) is 0 Å². The summed E-state index contributed by atoms with van der Waals surface area (Å²) in [4.78, 5) is 0. The van der Waals surface area contributed by atoms with Crippen molar-refractivity contribution in [2.75, 3.05) is 0 Å². The number of aliphatic hydroxyl groups excluding tert-OH is 2. The molecule has 10 heavy (non-hydrogen) atoms. The van der Waals surface area contributed by atoms with Gasteiger partial charge in [-0.25, -0.2) is 0 Å². The van der Waals surface area contributed by atoms with Crippen LogP contribution in [0.1, 0.15) is 33.1 Å². The average molecular weight is 145 g/mol. The zero-order valence-corrected chi connectivity index (χ0v) is 6.75. The molecule has 2 N–H and O–H groups in total. The van der Waals surface area contributed by atoms with Gasteiger partial charge in [0, 0.05) is 0 Å². The van der Waals surface area contributed by atoms with E-state index in [1.54, 1.807) is 0 Å². The van der Waals surface area contributed by atoms with Gasteiger partial charge in [-0.15, -0.1) is 0 Å². The topological polar surface area (TPSA) is 40.5 Å². The fourth-order valence-corrected chi connectivity index (χ4v) is 0.734. The number of hydrogen-bond donors (Lipinski definition) is 2. The maximum atomic E-state index is 8.90. The van der Waals surface area contributed by atoms with Gasteiger partial charge < -0.3 is 10.2 Å². The standard InChI is InChI=1S/C8H17O2/c1-3-7(2)4-5-8(10)6-9/h6-10H,3-5H2,1-2H3. The van der Waals surface area contributed by atoms with E-state index in [0.717, 1.165) is 19.4 Å². The second-order valence-electron chi connectivity index (χ2n) is 2.81. The highest BCUT2D eigenvalue weighted by Crippen LogP contribution is 2.11. The van der Waals surface area contributed by atoms with Crippen molar-refractivity contribution in [2.24, 2.45) is 5.92 Å². The van der Waals surface area contributed by atoms with Crippen LogP contribution in [0.4, 0.5) is 0 Å². The summed E-state index contributed by atoms with van der Waals surface area (Å²) in [5, 5.41) is 17.2. The first-order valence-electron chi connectivity index (χ1n) is 3.86. The number of hydrogen-bond acceptors (Lipinski definition) is 2. The molecule has 0 bridgehead atoms. The molecule has 2 heteroatoms. The Kier molecular flexibility index (Phi) is 5.64. The molecule has 2 unspecified atom stereocenters. The Balaban J connectivity index is 3.17. The molecule has 1 radical (unpaired) electrons. The van der Waals surface area contributed by atoms with Crippen molar-refractivity contribution < 1.29 is 10.2 Å². The minimum atomic E-state index is -0.631. The quantitative estimate of drug-likeness (QED) is 0.618. The fraction of sp³-hybridized carbons (Fsp3) is 0.875. The molecule has 0 aliphatic heterocycles. The van der Waals surface area contributed by atoms with Gasteiger partial charge in [-0.05, 0) is 18.8 Å². The second-order valence-corrected chi connectivity index (χ2v) is 2.81. The third-order valence-electron chi connectivity index (χ3n) is 1.82. The first-order chi connectivity index (χ1) is 4.70. The SMILES string of the molecule is CCC(C)CCC(O)[CH]O. The van der Waals surface area contributed by atoms with Crippen molar-refractivity contribution in [1.82, 2.24) is 0 Å². The molecule has 0 amide bonds. The zero-order valence-electron chi connectivity index (χ0n) is 6.75. The summed E-state index contributed by atoms with van der Waals surface area (Å²) >= 11 is 0. The summed E-state index contributed by atoms with van der Waals surface area (Å²) in [7, 11) is 0. The molecule has 0 rings (SSSR count). The molecule has 0 aromatic rings. The predicted octanol–water partition coefficient (Wildman–Crippen LogP) is 1.71. The lowest BCUT2D eigenvalue weighted by molar-refractivity contribution is 0.129. The van der Waals surface area contributed by atoms with Crippen LogP contribution in [-0.4, -0.2) is 16.3 Å². The smallest absolute Gasteiger partial charge is 0.108 e. The van der Waals surface area contributed by atoms with Gasteiger partial charge in [0.1, 0.15) is 6.61 Å². The van der Waals surface area contributed by atoms with Crippen LogP contribution in [0.25, 0.3) is 0 Å². The molecule has 0 spiro atoms. The Morgan fingerprint density at radius 3 is 2.40 bits per heavy atom. The van der Waals surface area contributed by atoms with Gasteiger partial charge in [0.25, 0.3) is 0 Å². The van der Waals surface area contributed by atoms with Crippen LogP contribution in [0.3, 0.4) is 0 Å². The summed E-state index contributed by atoms with van der Waals surface area (Å²) < 4.78 is 0. The molecule has 0 saturated heterocycles. The Morgan fingerprint density at radius 1 is 1.40 bits per heavy atom. The Labute approximate surface area is 62.9 Å². The Bertz CT molecular complexity index is 63.7. The third kappa shape index (κ3) is 4.77. The first-order valence-corrected chi connectivity index (χ1v) is 3.86. The van der Waals surface area contributed by atoms with Crippen molar-refractivity contribution in [3.63, 3.8) is 0 Å². The van der Waals surface area contributed by atoms with Crippen molar-refractivity contribution in [2.45, 2.75) is 39.2 Å². The van der Waals surface area contributed by atoms with Crippen molar-refractivity contribution in [1.29, 1.82) is 0 Å². The van der Waals surface area contributed by atoms with Gasteiger partial charge in [-0.3, -0.25) is 0 Å². The predicted molar refractivity (Wildman–Crippen MR) is 40.9 cm³/mol. The van der Waals surface area contributed by atoms with E-state index in [1.165, 1.54) is 0 Å². The molecule has 61 valence electrons. The maximum Gasteiger partial charge on any atom is 0.108 e. The van der Waals surface area contributed by atoms with E-state index in [4.69, 9.17) is 10.2 Å². The van der Waals surface area contributed by atoms with Gasteiger partial charge in [0.05, 0.1) is 6.10 Å². The molecule has 2 nitrogen and oxygen atoms in total. The minimum Gasteiger partial charge on any atom is -0.390 e. The molecular formula is C8H17O2. The zero-order chi connectivity index (χ0) is 7.98. The van der Waals surface area contributed by atoms with E-state index in [0.29, 0.717) is 12.3 Å². The van der Waals surface area contributed by atoms with E-state index in [9.17, 15) is 0 Å². The summed E-state index contributed by atoms with van der Waals surface area (Å²) in [6.07, 6.45) is 2.16. The van der Waals surface area contributed by atoms with E-state index in [1.807, 2.05) is 0 Å². The minimum absolute atomic E-state index is 0.631. The molecule has 0 saturated carbocycles. The van der Waals surface area contributed by atoms with Crippen LogP contribution in [0.2, 0.25) is 0 Å². The summed E-state index contributed by atoms with van der Waals surface area (Å²) in [6, 6.07) is 0. The first kappa shape index (κ1) is 9.92. The second kappa shape index (κ2) is 5.69. The van der Waals surface area contributed by atoms with Gasteiger partial charge >= 0.3 is 0 Å². The summed E-state index contributed by atoms with van der Waals surface area (Å²) in [5.41, 5.74) is 0. The van der Waals surface area contributed by atoms with Crippen LogP contribution in [-0.2, 0) is 0 Å². The lowest BCUT2D eigenvalue weighted by atomic mass is 10.0. The maximum absolute atomic E-state index is 8.90. The van der Waals surface area contributed by atoms with E-state index < -0.39 is 6.10 Å². The van der Waals surface area contributed by atoms with Gasteiger partial charge in [-0.2, -0.15) is 0 Å².